The van der Waals surface area contributed by atoms with Gasteiger partial charge in [0.05, 0.1) is 54.2 Å². The van der Waals surface area contributed by atoms with Gasteiger partial charge in [0.2, 0.25) is 5.91 Å². The van der Waals surface area contributed by atoms with Crippen molar-refractivity contribution in [3.63, 3.8) is 0 Å². The van der Waals surface area contributed by atoms with Crippen LogP contribution < -0.4 is 4.90 Å². The van der Waals surface area contributed by atoms with Crippen molar-refractivity contribution in [2.45, 2.75) is 37.1 Å². The van der Waals surface area contributed by atoms with Gasteiger partial charge >= 0.3 is 6.18 Å². The van der Waals surface area contributed by atoms with Gasteiger partial charge < -0.3 is 24.1 Å². The molecule has 1 aliphatic heterocycles. The summed E-state index contributed by atoms with van der Waals surface area (Å²) in [4.78, 5) is 39.4. The molecule has 0 bridgehead atoms. The van der Waals surface area contributed by atoms with Crippen molar-refractivity contribution in [1.82, 2.24) is 9.80 Å². The maximum Gasteiger partial charge on any atom is 0.416 e. The predicted molar refractivity (Wildman–Crippen MR) is 142 cm³/mol. The highest BCUT2D eigenvalue weighted by atomic mass is 19.4. The lowest BCUT2D eigenvalue weighted by atomic mass is 9.67. The lowest BCUT2D eigenvalue weighted by molar-refractivity contribution is -0.156. The van der Waals surface area contributed by atoms with Crippen LogP contribution in [0.25, 0.3) is 0 Å². The summed E-state index contributed by atoms with van der Waals surface area (Å²) in [7, 11) is 5.12. The molecule has 0 atom stereocenters. The van der Waals surface area contributed by atoms with Crippen molar-refractivity contribution in [1.29, 1.82) is 5.26 Å². The molecule has 1 aliphatic carbocycles. The third kappa shape index (κ3) is 7.48. The Balaban J connectivity index is 0.000000278. The van der Waals surface area contributed by atoms with Crippen LogP contribution in [0.4, 0.5) is 23.2 Å². The van der Waals surface area contributed by atoms with E-state index in [1.807, 2.05) is 11.0 Å². The van der Waals surface area contributed by atoms with Crippen LogP contribution in [0.5, 0.6) is 0 Å². The van der Waals surface area contributed by atoms with Gasteiger partial charge in [-0.25, -0.2) is 4.39 Å². The van der Waals surface area contributed by atoms with Crippen molar-refractivity contribution < 1.29 is 36.7 Å². The van der Waals surface area contributed by atoms with Crippen molar-refractivity contribution in [2.24, 2.45) is 5.92 Å². The lowest BCUT2D eigenvalue weighted by Crippen LogP contribution is -2.61. The van der Waals surface area contributed by atoms with Crippen LogP contribution in [0.1, 0.15) is 29.5 Å². The van der Waals surface area contributed by atoms with Gasteiger partial charge in [-0.05, 0) is 55.8 Å². The second-order valence-corrected chi connectivity index (χ2v) is 10.3. The van der Waals surface area contributed by atoms with E-state index in [2.05, 4.69) is 0 Å². The number of hydrogen-bond donors (Lipinski definition) is 0. The normalized spacial score (nSPS) is 20.0. The Kier molecular flexibility index (Phi) is 10.2. The molecule has 0 aromatic heterocycles. The lowest BCUT2D eigenvalue weighted by Gasteiger charge is -2.50. The highest BCUT2D eigenvalue weighted by Gasteiger charge is 2.51. The minimum Gasteiger partial charge on any atom is -0.377 e. The molecule has 12 heteroatoms. The monoisotopic (exact) mass is 576 g/mol. The Morgan fingerprint density at radius 3 is 2.20 bits per heavy atom. The van der Waals surface area contributed by atoms with Gasteiger partial charge in [-0.15, -0.1) is 0 Å². The Labute approximate surface area is 236 Å². The van der Waals surface area contributed by atoms with Crippen LogP contribution in [-0.2, 0) is 31.8 Å². The van der Waals surface area contributed by atoms with Crippen molar-refractivity contribution in [3.8, 4) is 6.07 Å². The molecular formula is C29H32F4N4O4. The number of ether oxygens (including phenoxy) is 1. The van der Waals surface area contributed by atoms with Crippen LogP contribution in [-0.4, -0.2) is 80.8 Å². The Morgan fingerprint density at radius 2 is 1.73 bits per heavy atom. The van der Waals surface area contributed by atoms with Gasteiger partial charge in [0, 0.05) is 26.6 Å². The zero-order valence-corrected chi connectivity index (χ0v) is 23.0. The Bertz CT molecular complexity index is 1270. The molecule has 0 N–H and O–H groups in total. The van der Waals surface area contributed by atoms with E-state index in [0.717, 1.165) is 24.5 Å². The molecule has 1 saturated carbocycles. The largest absolute Gasteiger partial charge is 0.416 e. The number of benzene rings is 2. The first-order valence-corrected chi connectivity index (χ1v) is 12.9. The molecule has 2 aromatic carbocycles. The van der Waals surface area contributed by atoms with E-state index >= 15 is 0 Å². The molecule has 0 spiro atoms. The second-order valence-electron chi connectivity index (χ2n) is 10.3. The summed E-state index contributed by atoms with van der Waals surface area (Å²) < 4.78 is 56.4. The first-order chi connectivity index (χ1) is 19.3. The topological polar surface area (TPSA) is 94.0 Å². The number of nitrogens with zero attached hydrogens (tertiary/aromatic N) is 4. The number of likely N-dealkylation sites (N-methyl/N-ethyl adjacent to an activating group) is 3. The summed E-state index contributed by atoms with van der Waals surface area (Å²) in [6.07, 6.45) is -1.98. The minimum absolute atomic E-state index is 0.0173. The molecule has 4 rings (SSSR count). The summed E-state index contributed by atoms with van der Waals surface area (Å²) in [5, 5.41) is 8.51. The number of aldehydes is 2. The number of carbonyl (C=O) groups is 3. The molecule has 1 amide bonds. The summed E-state index contributed by atoms with van der Waals surface area (Å²) in [6.45, 7) is 1.55. The minimum atomic E-state index is -4.37. The van der Waals surface area contributed by atoms with Gasteiger partial charge in [-0.2, -0.15) is 18.4 Å². The molecule has 2 aromatic rings. The van der Waals surface area contributed by atoms with Gasteiger partial charge in [-0.1, -0.05) is 12.1 Å². The van der Waals surface area contributed by atoms with E-state index in [0.29, 0.717) is 50.1 Å². The molecule has 2 aliphatic rings. The van der Waals surface area contributed by atoms with Crippen LogP contribution in [0.2, 0.25) is 0 Å². The van der Waals surface area contributed by atoms with Gasteiger partial charge in [0.15, 0.2) is 0 Å². The molecular weight excluding hydrogens is 544 g/mol. The highest BCUT2D eigenvalue weighted by Crippen LogP contribution is 2.42. The average molecular weight is 577 g/mol. The zero-order chi connectivity index (χ0) is 30.4. The van der Waals surface area contributed by atoms with Crippen molar-refractivity contribution in [3.05, 3.63) is 65.0 Å². The summed E-state index contributed by atoms with van der Waals surface area (Å²) in [5.41, 5.74) is -0.177. The smallest absolute Gasteiger partial charge is 0.377 e. The van der Waals surface area contributed by atoms with E-state index in [1.54, 1.807) is 26.0 Å². The Morgan fingerprint density at radius 1 is 1.10 bits per heavy atom. The van der Waals surface area contributed by atoms with Crippen molar-refractivity contribution >= 4 is 24.2 Å². The third-order valence-electron chi connectivity index (χ3n) is 7.58. The zero-order valence-electron chi connectivity index (χ0n) is 23.0. The van der Waals surface area contributed by atoms with E-state index in [-0.39, 0.29) is 30.0 Å². The predicted octanol–water partition coefficient (Wildman–Crippen LogP) is 3.67. The highest BCUT2D eigenvalue weighted by molar-refractivity contribution is 5.83. The number of alkyl halides is 3. The first kappa shape index (κ1) is 31.7. The summed E-state index contributed by atoms with van der Waals surface area (Å²) >= 11 is 0. The van der Waals surface area contributed by atoms with Crippen LogP contribution in [0, 0.1) is 23.1 Å². The number of rotatable bonds is 9. The van der Waals surface area contributed by atoms with Crippen LogP contribution in [0.3, 0.4) is 0 Å². The number of amides is 1. The number of hydrogen-bond acceptors (Lipinski definition) is 7. The fourth-order valence-electron chi connectivity index (χ4n) is 4.71. The second kappa shape index (κ2) is 13.2. The standard InChI is InChI=1S/C19H23F3N2O3.C10H9FN2O/c1-23(9-13-3-5-15(6-4-13)19(20,21)22)18(12-25)7-14(8-18)17(26)24(2)16-10-27-11-16;1-13(4-5-14)10-3-2-8(7-12)6-9(10)11/h3-6,12,14,16H,7-11H2,1-2H3;2-3,5-6H,4H2,1H3. The van der Waals surface area contributed by atoms with Crippen LogP contribution >= 0.6 is 0 Å². The molecule has 220 valence electrons. The van der Waals surface area contributed by atoms with Gasteiger partial charge in [0.1, 0.15) is 18.4 Å². The maximum atomic E-state index is 13.3. The molecule has 0 radical (unpaired) electrons. The van der Waals surface area contributed by atoms with E-state index in [1.165, 1.54) is 29.2 Å². The van der Waals surface area contributed by atoms with E-state index in [4.69, 9.17) is 10.00 Å². The average Bonchev–Trinajstić information content (AvgIpc) is 2.87. The number of nitriles is 1. The molecule has 8 nitrogen and oxygen atoms in total. The molecule has 41 heavy (non-hydrogen) atoms. The van der Waals surface area contributed by atoms with E-state index < -0.39 is 23.1 Å². The van der Waals surface area contributed by atoms with Gasteiger partial charge in [-0.3, -0.25) is 9.69 Å². The fraction of sp³-hybridized carbons (Fsp3) is 0.448. The van der Waals surface area contributed by atoms with Crippen LogP contribution in [0.15, 0.2) is 42.5 Å². The molecule has 1 saturated heterocycles. The number of halogens is 4. The molecule has 1 heterocycles. The third-order valence-corrected chi connectivity index (χ3v) is 7.58. The Hall–Kier alpha value is -3.82. The van der Waals surface area contributed by atoms with E-state index in [9.17, 15) is 31.9 Å². The summed E-state index contributed by atoms with van der Waals surface area (Å²) in [5.74, 6) is -0.687. The molecule has 0 unspecified atom stereocenters. The SMILES string of the molecule is CN(C(=O)C1CC(C=O)(N(C)Cc2ccc(C(F)(F)F)cc2)C1)C1COC1.CN(CC=O)c1ccc(C#N)cc1F. The maximum absolute atomic E-state index is 13.3. The molecule has 2 fully saturated rings. The fourth-order valence-corrected chi connectivity index (χ4v) is 4.71. The van der Waals surface area contributed by atoms with Crippen molar-refractivity contribution in [2.75, 3.05) is 45.8 Å². The van der Waals surface area contributed by atoms with Gasteiger partial charge in [0.25, 0.3) is 0 Å². The quantitative estimate of drug-likeness (QED) is 0.332. The first-order valence-electron chi connectivity index (χ1n) is 12.9. The summed E-state index contributed by atoms with van der Waals surface area (Å²) in [6, 6.07) is 11.0. The number of carbonyl (C=O) groups excluding carboxylic acids is 3. The number of anilines is 1.